The van der Waals surface area contributed by atoms with Crippen LogP contribution in [-0.4, -0.2) is 22.3 Å². The summed E-state index contributed by atoms with van der Waals surface area (Å²) in [4.78, 5) is 19.3. The molecule has 1 aliphatic rings. The first-order valence-corrected chi connectivity index (χ1v) is 9.07. The number of nitrogens with zero attached hydrogens (tertiary/aromatic N) is 2. The number of halogens is 1. The first-order chi connectivity index (χ1) is 12.2. The number of carbonyl (C=O) groups is 1. The van der Waals surface area contributed by atoms with Crippen molar-refractivity contribution >= 4 is 21.8 Å². The Morgan fingerprint density at radius 1 is 1.00 bits per heavy atom. The van der Waals surface area contributed by atoms with Gasteiger partial charge < -0.3 is 4.90 Å². The maximum absolute atomic E-state index is 13.2. The van der Waals surface area contributed by atoms with Gasteiger partial charge in [0.1, 0.15) is 0 Å². The summed E-state index contributed by atoms with van der Waals surface area (Å²) in [6.45, 7) is 0.707. The lowest BCUT2D eigenvalue weighted by Gasteiger charge is -2.37. The van der Waals surface area contributed by atoms with E-state index in [0.29, 0.717) is 12.1 Å². The van der Waals surface area contributed by atoms with Gasteiger partial charge in [-0.1, -0.05) is 40.2 Å². The van der Waals surface area contributed by atoms with Crippen LogP contribution >= 0.6 is 15.9 Å². The molecule has 4 heteroatoms. The van der Waals surface area contributed by atoms with Gasteiger partial charge in [-0.2, -0.15) is 0 Å². The average Bonchev–Trinajstić information content (AvgIpc) is 2.68. The maximum atomic E-state index is 13.2. The molecule has 2 aromatic carbocycles. The van der Waals surface area contributed by atoms with E-state index in [-0.39, 0.29) is 11.9 Å². The number of pyridine rings is 1. The fourth-order valence-electron chi connectivity index (χ4n) is 3.45. The highest BCUT2D eigenvalue weighted by molar-refractivity contribution is 9.10. The van der Waals surface area contributed by atoms with Crippen LogP contribution in [0.15, 0.2) is 77.5 Å². The lowest BCUT2D eigenvalue weighted by atomic mass is 9.88. The third-order valence-corrected chi connectivity index (χ3v) is 5.19. The summed E-state index contributed by atoms with van der Waals surface area (Å²) >= 11 is 3.43. The van der Waals surface area contributed by atoms with Gasteiger partial charge in [-0.25, -0.2) is 0 Å². The summed E-state index contributed by atoms with van der Waals surface area (Å²) in [5.41, 5.74) is 4.31. The van der Waals surface area contributed by atoms with Gasteiger partial charge in [-0.15, -0.1) is 0 Å². The molecule has 1 unspecified atom stereocenters. The molecule has 25 heavy (non-hydrogen) atoms. The maximum Gasteiger partial charge on any atom is 0.254 e. The van der Waals surface area contributed by atoms with E-state index in [1.54, 1.807) is 12.4 Å². The molecular weight excluding hydrogens is 376 g/mol. The highest BCUT2D eigenvalue weighted by Gasteiger charge is 2.32. The quantitative estimate of drug-likeness (QED) is 0.636. The van der Waals surface area contributed by atoms with Crippen LogP contribution < -0.4 is 0 Å². The Bertz CT molecular complexity index is 893. The topological polar surface area (TPSA) is 33.2 Å². The number of fused-ring (bicyclic) bond motifs is 1. The van der Waals surface area contributed by atoms with Crippen LogP contribution in [-0.2, 0) is 6.42 Å². The van der Waals surface area contributed by atoms with E-state index >= 15 is 0 Å². The van der Waals surface area contributed by atoms with E-state index in [0.717, 1.165) is 16.5 Å². The van der Waals surface area contributed by atoms with Crippen LogP contribution in [0.5, 0.6) is 0 Å². The highest BCUT2D eigenvalue weighted by atomic mass is 79.9. The van der Waals surface area contributed by atoms with Gasteiger partial charge in [-0.3, -0.25) is 9.78 Å². The number of hydrogen-bond donors (Lipinski definition) is 0. The lowest BCUT2D eigenvalue weighted by Crippen LogP contribution is -2.40. The predicted octanol–water partition coefficient (Wildman–Crippen LogP) is 4.63. The minimum atomic E-state index is -0.0795. The molecule has 0 radical (unpaired) electrons. The first kappa shape index (κ1) is 16.0. The van der Waals surface area contributed by atoms with E-state index in [1.807, 2.05) is 47.4 Å². The molecule has 0 saturated carbocycles. The Kier molecular flexibility index (Phi) is 4.36. The Balaban J connectivity index is 1.78. The molecule has 0 spiro atoms. The molecule has 2 heterocycles. The van der Waals surface area contributed by atoms with Crippen molar-refractivity contribution in [3.63, 3.8) is 0 Å². The highest BCUT2D eigenvalue weighted by Crippen LogP contribution is 2.35. The molecule has 1 aliphatic heterocycles. The number of benzene rings is 2. The standard InChI is InChI=1S/C21H17BrN2O/c22-18-7-5-17(6-8-18)21(25)24-14-11-15-3-1-2-4-19(15)20(24)16-9-12-23-13-10-16/h1-10,12-13,20H,11,14H2. The van der Waals surface area contributed by atoms with Gasteiger partial charge in [0.2, 0.25) is 0 Å². The zero-order valence-electron chi connectivity index (χ0n) is 13.6. The third kappa shape index (κ3) is 3.10. The summed E-state index contributed by atoms with van der Waals surface area (Å²) in [6.07, 6.45) is 4.45. The molecule has 0 bridgehead atoms. The van der Waals surface area contributed by atoms with Crippen molar-refractivity contribution in [3.05, 3.63) is 99.8 Å². The Morgan fingerprint density at radius 2 is 1.72 bits per heavy atom. The SMILES string of the molecule is O=C(c1ccc(Br)cc1)N1CCc2ccccc2C1c1ccncc1. The van der Waals surface area contributed by atoms with E-state index in [4.69, 9.17) is 0 Å². The van der Waals surface area contributed by atoms with Gasteiger partial charge in [0, 0.05) is 29.0 Å². The molecule has 1 amide bonds. The molecule has 1 aromatic heterocycles. The predicted molar refractivity (Wildman–Crippen MR) is 101 cm³/mol. The Labute approximate surface area is 155 Å². The van der Waals surface area contributed by atoms with E-state index < -0.39 is 0 Å². The zero-order valence-corrected chi connectivity index (χ0v) is 15.2. The van der Waals surface area contributed by atoms with Gasteiger partial charge >= 0.3 is 0 Å². The van der Waals surface area contributed by atoms with Crippen LogP contribution in [0, 0.1) is 0 Å². The van der Waals surface area contributed by atoms with Crippen molar-refractivity contribution in [3.8, 4) is 0 Å². The second kappa shape index (κ2) is 6.81. The first-order valence-electron chi connectivity index (χ1n) is 8.28. The fourth-order valence-corrected chi connectivity index (χ4v) is 3.71. The van der Waals surface area contributed by atoms with E-state index in [9.17, 15) is 4.79 Å². The van der Waals surface area contributed by atoms with Crippen LogP contribution in [0.25, 0.3) is 0 Å². The van der Waals surface area contributed by atoms with Crippen LogP contribution in [0.3, 0.4) is 0 Å². The summed E-state index contributed by atoms with van der Waals surface area (Å²) in [6, 6.07) is 19.9. The average molecular weight is 393 g/mol. The fraction of sp³-hybridized carbons (Fsp3) is 0.143. The van der Waals surface area contributed by atoms with Crippen molar-refractivity contribution in [2.75, 3.05) is 6.54 Å². The summed E-state index contributed by atoms with van der Waals surface area (Å²) in [7, 11) is 0. The molecule has 1 atom stereocenters. The normalized spacial score (nSPS) is 16.4. The summed E-state index contributed by atoms with van der Waals surface area (Å²) < 4.78 is 0.971. The number of carbonyl (C=O) groups excluding carboxylic acids is 1. The monoisotopic (exact) mass is 392 g/mol. The van der Waals surface area contributed by atoms with Crippen LogP contribution in [0.1, 0.15) is 33.1 Å². The molecule has 124 valence electrons. The molecular formula is C21H17BrN2O. The van der Waals surface area contributed by atoms with Gasteiger partial charge in [-0.05, 0) is 59.5 Å². The second-order valence-electron chi connectivity index (χ2n) is 6.14. The van der Waals surface area contributed by atoms with Crippen LogP contribution in [0.2, 0.25) is 0 Å². The molecule has 0 N–H and O–H groups in total. The zero-order chi connectivity index (χ0) is 17.2. The minimum absolute atomic E-state index is 0.0591. The molecule has 0 aliphatic carbocycles. The Hall–Kier alpha value is -2.46. The van der Waals surface area contributed by atoms with Crippen molar-refractivity contribution in [1.82, 2.24) is 9.88 Å². The third-order valence-electron chi connectivity index (χ3n) is 4.66. The van der Waals surface area contributed by atoms with Crippen molar-refractivity contribution in [1.29, 1.82) is 0 Å². The summed E-state index contributed by atoms with van der Waals surface area (Å²) in [5.74, 6) is 0.0591. The molecule has 3 nitrogen and oxygen atoms in total. The molecule has 0 fully saturated rings. The minimum Gasteiger partial charge on any atom is -0.327 e. The number of rotatable bonds is 2. The van der Waals surface area contributed by atoms with Gasteiger partial charge in [0.15, 0.2) is 0 Å². The number of amides is 1. The van der Waals surface area contributed by atoms with Crippen molar-refractivity contribution in [2.24, 2.45) is 0 Å². The summed E-state index contributed by atoms with van der Waals surface area (Å²) in [5, 5.41) is 0. The smallest absolute Gasteiger partial charge is 0.254 e. The van der Waals surface area contributed by atoms with Crippen molar-refractivity contribution in [2.45, 2.75) is 12.5 Å². The molecule has 4 rings (SSSR count). The van der Waals surface area contributed by atoms with Gasteiger partial charge in [0.05, 0.1) is 6.04 Å². The second-order valence-corrected chi connectivity index (χ2v) is 7.05. The largest absolute Gasteiger partial charge is 0.327 e. The Morgan fingerprint density at radius 3 is 2.48 bits per heavy atom. The molecule has 3 aromatic rings. The number of hydrogen-bond acceptors (Lipinski definition) is 2. The van der Waals surface area contributed by atoms with E-state index in [2.05, 4.69) is 39.1 Å². The van der Waals surface area contributed by atoms with Gasteiger partial charge in [0.25, 0.3) is 5.91 Å². The lowest BCUT2D eigenvalue weighted by molar-refractivity contribution is 0.0694. The van der Waals surface area contributed by atoms with E-state index in [1.165, 1.54) is 11.1 Å². The number of aromatic nitrogens is 1. The van der Waals surface area contributed by atoms with Crippen molar-refractivity contribution < 1.29 is 4.79 Å². The molecule has 0 saturated heterocycles. The van der Waals surface area contributed by atoms with Crippen LogP contribution in [0.4, 0.5) is 0 Å².